The van der Waals surface area contributed by atoms with Crippen LogP contribution in [0.4, 0.5) is 0 Å². The fourth-order valence-electron chi connectivity index (χ4n) is 3.04. The van der Waals surface area contributed by atoms with Crippen molar-refractivity contribution in [3.8, 4) is 0 Å². The molecule has 0 radical (unpaired) electrons. The number of amides is 3. The summed E-state index contributed by atoms with van der Waals surface area (Å²) in [5.74, 6) is -3.09. The van der Waals surface area contributed by atoms with Crippen LogP contribution in [0.15, 0.2) is 17.5 Å². The van der Waals surface area contributed by atoms with Crippen molar-refractivity contribution in [3.05, 3.63) is 18.2 Å². The van der Waals surface area contributed by atoms with Crippen molar-refractivity contribution in [2.24, 2.45) is 28.1 Å². The Bertz CT molecular complexity index is 837. The van der Waals surface area contributed by atoms with Gasteiger partial charge in [0.1, 0.15) is 18.6 Å². The van der Waals surface area contributed by atoms with Crippen molar-refractivity contribution in [2.75, 3.05) is 13.1 Å². The van der Waals surface area contributed by atoms with Gasteiger partial charge < -0.3 is 43.2 Å². The first kappa shape index (κ1) is 28.4. The molecule has 3 amide bonds. The number of hydrogen-bond acceptors (Lipinski definition) is 7. The average molecular weight is 482 g/mol. The van der Waals surface area contributed by atoms with Crippen molar-refractivity contribution in [1.82, 2.24) is 25.9 Å². The molecular weight excluding hydrogens is 446 g/mol. The maximum Gasteiger partial charge on any atom is 0.322 e. The lowest BCUT2D eigenvalue weighted by Crippen LogP contribution is -2.56. The number of aromatic amines is 1. The summed E-state index contributed by atoms with van der Waals surface area (Å²) in [5.41, 5.74) is 17.2. The van der Waals surface area contributed by atoms with Gasteiger partial charge in [-0.15, -0.1) is 0 Å². The molecule has 0 aliphatic rings. The number of aliphatic carboxylic acids is 1. The summed E-state index contributed by atoms with van der Waals surface area (Å²) < 4.78 is 0. The van der Waals surface area contributed by atoms with Crippen LogP contribution in [0, 0.1) is 5.92 Å². The van der Waals surface area contributed by atoms with Gasteiger partial charge in [0.05, 0.1) is 12.4 Å². The number of imidazole rings is 1. The summed E-state index contributed by atoms with van der Waals surface area (Å²) in [6.45, 7) is 3.37. The number of nitrogens with one attached hydrogen (secondary N) is 4. The zero-order valence-corrected chi connectivity index (χ0v) is 19.4. The van der Waals surface area contributed by atoms with E-state index >= 15 is 0 Å². The first-order chi connectivity index (χ1) is 16.0. The van der Waals surface area contributed by atoms with Crippen LogP contribution in [0.3, 0.4) is 0 Å². The molecule has 1 heterocycles. The van der Waals surface area contributed by atoms with Crippen molar-refractivity contribution in [2.45, 2.75) is 57.7 Å². The van der Waals surface area contributed by atoms with Crippen LogP contribution >= 0.6 is 0 Å². The van der Waals surface area contributed by atoms with E-state index in [4.69, 9.17) is 22.3 Å². The highest BCUT2D eigenvalue weighted by atomic mass is 16.4. The molecule has 0 spiro atoms. The number of aliphatic imine (C=N–C) groups is 1. The molecule has 14 heteroatoms. The molecule has 34 heavy (non-hydrogen) atoms. The smallest absolute Gasteiger partial charge is 0.322 e. The van der Waals surface area contributed by atoms with E-state index in [2.05, 4.69) is 30.9 Å². The Labute approximate surface area is 197 Å². The van der Waals surface area contributed by atoms with Gasteiger partial charge in [-0.3, -0.25) is 24.2 Å². The predicted molar refractivity (Wildman–Crippen MR) is 124 cm³/mol. The molecule has 0 aliphatic carbocycles. The highest BCUT2D eigenvalue weighted by Gasteiger charge is 2.28. The Morgan fingerprint density at radius 1 is 1.12 bits per heavy atom. The number of nitrogens with two attached hydrogens (primary N) is 3. The first-order valence-electron chi connectivity index (χ1n) is 10.9. The predicted octanol–water partition coefficient (Wildman–Crippen LogP) is -2.45. The summed E-state index contributed by atoms with van der Waals surface area (Å²) in [5, 5.41) is 16.3. The zero-order chi connectivity index (χ0) is 25.7. The molecule has 0 saturated heterocycles. The Morgan fingerprint density at radius 3 is 2.35 bits per heavy atom. The molecule has 11 N–H and O–H groups in total. The minimum atomic E-state index is -1.23. The van der Waals surface area contributed by atoms with E-state index < -0.39 is 48.4 Å². The maximum atomic E-state index is 13.0. The topological polar surface area (TPSA) is 244 Å². The van der Waals surface area contributed by atoms with E-state index in [1.807, 2.05) is 13.8 Å². The average Bonchev–Trinajstić information content (AvgIpc) is 3.25. The van der Waals surface area contributed by atoms with E-state index in [1.54, 1.807) is 6.20 Å². The molecule has 190 valence electrons. The van der Waals surface area contributed by atoms with E-state index in [0.717, 1.165) is 0 Å². The molecule has 1 aromatic heterocycles. The number of carbonyl (C=O) groups excluding carboxylic acids is 3. The van der Waals surface area contributed by atoms with Gasteiger partial charge in [0.25, 0.3) is 0 Å². The van der Waals surface area contributed by atoms with Crippen molar-refractivity contribution >= 4 is 29.7 Å². The van der Waals surface area contributed by atoms with Gasteiger partial charge in [-0.2, -0.15) is 0 Å². The zero-order valence-electron chi connectivity index (χ0n) is 19.4. The minimum absolute atomic E-state index is 0.0426. The number of carboxylic acids is 1. The van der Waals surface area contributed by atoms with Crippen LogP contribution in [0.25, 0.3) is 0 Å². The summed E-state index contributed by atoms with van der Waals surface area (Å²) in [6.07, 6.45) is 4.01. The number of H-pyrrole nitrogens is 1. The Morgan fingerprint density at radius 2 is 1.79 bits per heavy atom. The van der Waals surface area contributed by atoms with Gasteiger partial charge in [0.2, 0.25) is 17.7 Å². The van der Waals surface area contributed by atoms with Gasteiger partial charge in [-0.25, -0.2) is 4.98 Å². The van der Waals surface area contributed by atoms with E-state index in [9.17, 15) is 19.2 Å². The number of nitrogens with zero attached hydrogens (tertiary/aromatic N) is 2. The van der Waals surface area contributed by atoms with Crippen LogP contribution in [-0.2, 0) is 25.6 Å². The summed E-state index contributed by atoms with van der Waals surface area (Å²) in [7, 11) is 0. The number of rotatable bonds is 15. The van der Waals surface area contributed by atoms with Gasteiger partial charge in [0.15, 0.2) is 5.96 Å². The minimum Gasteiger partial charge on any atom is -0.480 e. The molecule has 0 aliphatic heterocycles. The largest absolute Gasteiger partial charge is 0.480 e. The third-order valence-electron chi connectivity index (χ3n) is 4.66. The molecular formula is C20H35N9O5. The fourth-order valence-corrected chi connectivity index (χ4v) is 3.04. The van der Waals surface area contributed by atoms with Crippen molar-refractivity contribution < 1.29 is 24.3 Å². The Hall–Kier alpha value is -3.68. The van der Waals surface area contributed by atoms with Crippen LogP contribution in [0.5, 0.6) is 0 Å². The summed E-state index contributed by atoms with van der Waals surface area (Å²) in [6, 6.07) is -2.92. The van der Waals surface area contributed by atoms with Crippen LogP contribution in [0.1, 0.15) is 38.8 Å². The quantitative estimate of drug-likeness (QED) is 0.0751. The van der Waals surface area contributed by atoms with Gasteiger partial charge in [-0.1, -0.05) is 13.8 Å². The molecule has 0 aromatic carbocycles. The van der Waals surface area contributed by atoms with Crippen LogP contribution in [0.2, 0.25) is 0 Å². The summed E-state index contributed by atoms with van der Waals surface area (Å²) in [4.78, 5) is 59.4. The molecule has 1 aromatic rings. The first-order valence-corrected chi connectivity index (χ1v) is 10.9. The SMILES string of the molecule is CC(C)CC(NC(=O)C(N)Cc1cnc[nH]1)C(=O)NC(CCCN=C(N)N)C(=O)NCC(=O)O. The molecule has 0 bridgehead atoms. The summed E-state index contributed by atoms with van der Waals surface area (Å²) >= 11 is 0. The maximum absolute atomic E-state index is 13.0. The second-order valence-corrected chi connectivity index (χ2v) is 8.20. The highest BCUT2D eigenvalue weighted by molar-refractivity contribution is 5.93. The fraction of sp³-hybridized carbons (Fsp3) is 0.600. The number of guanidine groups is 1. The number of hydrogen-bond donors (Lipinski definition) is 8. The lowest BCUT2D eigenvalue weighted by atomic mass is 10.0. The molecule has 3 atom stereocenters. The highest BCUT2D eigenvalue weighted by Crippen LogP contribution is 2.08. The van der Waals surface area contributed by atoms with E-state index in [0.29, 0.717) is 18.5 Å². The second-order valence-electron chi connectivity index (χ2n) is 8.20. The molecule has 1 rings (SSSR count). The second kappa shape index (κ2) is 14.5. The lowest BCUT2D eigenvalue weighted by molar-refractivity contribution is -0.138. The van der Waals surface area contributed by atoms with Crippen LogP contribution in [-0.4, -0.2) is 75.9 Å². The van der Waals surface area contributed by atoms with Crippen molar-refractivity contribution in [3.63, 3.8) is 0 Å². The Kier molecular flexibility index (Phi) is 12.1. The Balaban J connectivity index is 2.86. The van der Waals surface area contributed by atoms with Crippen LogP contribution < -0.4 is 33.2 Å². The third-order valence-corrected chi connectivity index (χ3v) is 4.66. The normalized spacial score (nSPS) is 13.4. The standard InChI is InChI=1S/C20H35N9O5/c1-11(2)6-15(29-17(32)13(21)7-12-8-24-10-27-12)19(34)28-14(4-3-5-25-20(22)23)18(33)26-9-16(30)31/h8,10-11,13-15H,3-7,9,21H2,1-2H3,(H,24,27)(H,26,33)(H,28,34)(H,29,32)(H,30,31)(H4,22,23,25). The third kappa shape index (κ3) is 11.3. The molecule has 3 unspecified atom stereocenters. The number of aromatic nitrogens is 2. The van der Waals surface area contributed by atoms with E-state index in [1.165, 1.54) is 6.33 Å². The van der Waals surface area contributed by atoms with Gasteiger partial charge in [-0.05, 0) is 25.2 Å². The number of carboxylic acid groups (broad SMARTS) is 1. The monoisotopic (exact) mass is 481 g/mol. The van der Waals surface area contributed by atoms with E-state index in [-0.39, 0.29) is 31.3 Å². The van der Waals surface area contributed by atoms with Gasteiger partial charge in [0, 0.05) is 24.9 Å². The molecule has 0 saturated carbocycles. The lowest BCUT2D eigenvalue weighted by Gasteiger charge is -2.25. The molecule has 14 nitrogen and oxygen atoms in total. The number of carbonyl (C=O) groups is 4. The van der Waals surface area contributed by atoms with Gasteiger partial charge >= 0.3 is 5.97 Å². The van der Waals surface area contributed by atoms with Crippen molar-refractivity contribution in [1.29, 1.82) is 0 Å². The molecule has 0 fully saturated rings.